The third-order valence-corrected chi connectivity index (χ3v) is 4.04. The fourth-order valence-corrected chi connectivity index (χ4v) is 2.80. The summed E-state index contributed by atoms with van der Waals surface area (Å²) in [5, 5.41) is 16.9. The largest absolute Gasteiger partial charge is 0.573 e. The van der Waals surface area contributed by atoms with Gasteiger partial charge in [0, 0.05) is 23.7 Å². The van der Waals surface area contributed by atoms with E-state index in [1.165, 1.54) is 0 Å². The van der Waals surface area contributed by atoms with Gasteiger partial charge >= 0.3 is 12.7 Å². The van der Waals surface area contributed by atoms with Gasteiger partial charge in [0.2, 0.25) is 5.82 Å². The van der Waals surface area contributed by atoms with Gasteiger partial charge in [-0.3, -0.25) is 0 Å². The molecule has 2 N–H and O–H groups in total. The number of nitrogens with one attached hydrogen (secondary N) is 2. The quantitative estimate of drug-likeness (QED) is 0.391. The summed E-state index contributed by atoms with van der Waals surface area (Å²) in [4.78, 5) is 0. The first-order chi connectivity index (χ1) is 15.1. The maximum atomic E-state index is 12.6. The van der Waals surface area contributed by atoms with Gasteiger partial charge in [-0.2, -0.15) is 5.21 Å². The van der Waals surface area contributed by atoms with Crippen molar-refractivity contribution in [2.45, 2.75) is 19.3 Å². The number of hydrogen-bond donors (Lipinski definition) is 2. The van der Waals surface area contributed by atoms with E-state index >= 15 is 0 Å². The molecule has 2 aromatic heterocycles. The second-order valence-corrected chi connectivity index (χ2v) is 6.33. The summed E-state index contributed by atoms with van der Waals surface area (Å²) in [6.07, 6.45) is -10.4. The molecule has 0 unspecified atom stereocenters. The van der Waals surface area contributed by atoms with Gasteiger partial charge in [-0.1, -0.05) is 12.1 Å². The summed E-state index contributed by atoms with van der Waals surface area (Å²) < 4.78 is 88.0. The average Bonchev–Trinajstić information content (AvgIpc) is 3.35. The lowest BCUT2D eigenvalue weighted by molar-refractivity contribution is -0.287. The molecule has 32 heavy (non-hydrogen) atoms. The highest BCUT2D eigenvalue weighted by Crippen LogP contribution is 2.37. The van der Waals surface area contributed by atoms with Crippen LogP contribution in [-0.4, -0.2) is 33.3 Å². The van der Waals surface area contributed by atoms with E-state index in [1.807, 2.05) is 0 Å². The van der Waals surface area contributed by atoms with E-state index < -0.39 is 24.2 Å². The molecule has 0 atom stereocenters. The minimum absolute atomic E-state index is 0.0748. The molecule has 14 heteroatoms. The number of anilines is 1. The van der Waals surface area contributed by atoms with E-state index in [9.17, 15) is 26.3 Å². The minimum Gasteiger partial charge on any atom is -0.453 e. The maximum absolute atomic E-state index is 12.6. The summed E-state index contributed by atoms with van der Waals surface area (Å²) in [6.45, 7) is 0.124. The number of ether oxygens (including phenoxy) is 2. The van der Waals surface area contributed by atoms with Gasteiger partial charge in [-0.15, -0.1) is 36.5 Å². The molecule has 0 saturated carbocycles. The number of tetrazole rings is 1. The van der Waals surface area contributed by atoms with Crippen LogP contribution in [0.4, 0.5) is 32.0 Å². The van der Waals surface area contributed by atoms with Gasteiger partial charge in [0.25, 0.3) is 0 Å². The van der Waals surface area contributed by atoms with E-state index in [0.29, 0.717) is 16.9 Å². The van der Waals surface area contributed by atoms with Crippen molar-refractivity contribution in [3.05, 3.63) is 48.0 Å². The summed E-state index contributed by atoms with van der Waals surface area (Å²) in [6, 6.07) is 9.48. The van der Waals surface area contributed by atoms with Crippen LogP contribution in [0.1, 0.15) is 5.56 Å². The van der Waals surface area contributed by atoms with Crippen molar-refractivity contribution < 1.29 is 40.2 Å². The van der Waals surface area contributed by atoms with E-state index in [2.05, 4.69) is 35.4 Å². The molecule has 2 aromatic carbocycles. The topological polar surface area (TPSA) is 98.1 Å². The first-order valence-corrected chi connectivity index (χ1v) is 8.71. The predicted molar refractivity (Wildman–Crippen MR) is 96.5 cm³/mol. The van der Waals surface area contributed by atoms with Crippen LogP contribution < -0.4 is 14.8 Å². The number of rotatable bonds is 6. The molecular weight excluding hydrogens is 448 g/mol. The number of furan rings is 1. The van der Waals surface area contributed by atoms with Crippen molar-refractivity contribution in [1.82, 2.24) is 20.6 Å². The second kappa shape index (κ2) is 7.94. The Morgan fingerprint density at radius 2 is 1.66 bits per heavy atom. The lowest BCUT2D eigenvalue weighted by Gasteiger charge is -2.17. The van der Waals surface area contributed by atoms with Crippen LogP contribution in [-0.2, 0) is 6.54 Å². The number of halogens is 6. The highest BCUT2D eigenvalue weighted by atomic mass is 19.4. The summed E-state index contributed by atoms with van der Waals surface area (Å²) >= 11 is 0. The molecule has 8 nitrogen and oxygen atoms in total. The Balaban J connectivity index is 1.52. The Labute approximate surface area is 174 Å². The van der Waals surface area contributed by atoms with Gasteiger partial charge in [0.15, 0.2) is 17.3 Å². The third kappa shape index (κ3) is 5.19. The van der Waals surface area contributed by atoms with Crippen molar-refractivity contribution in [3.8, 4) is 23.1 Å². The highest BCUT2D eigenvalue weighted by molar-refractivity contribution is 5.82. The van der Waals surface area contributed by atoms with Gasteiger partial charge in [0.1, 0.15) is 5.58 Å². The molecule has 4 rings (SSSR count). The Morgan fingerprint density at radius 1 is 0.906 bits per heavy atom. The van der Waals surface area contributed by atoms with E-state index in [4.69, 9.17) is 4.42 Å². The minimum atomic E-state index is -5.21. The van der Waals surface area contributed by atoms with Gasteiger partial charge < -0.3 is 19.2 Å². The molecule has 0 radical (unpaired) electrons. The smallest absolute Gasteiger partial charge is 0.453 e. The first kappa shape index (κ1) is 21.3. The zero-order valence-electron chi connectivity index (χ0n) is 15.6. The van der Waals surface area contributed by atoms with Crippen molar-refractivity contribution in [2.75, 3.05) is 5.32 Å². The number of aromatic amines is 1. The number of hydrogen-bond acceptors (Lipinski definition) is 7. The van der Waals surface area contributed by atoms with Crippen molar-refractivity contribution in [2.24, 2.45) is 0 Å². The summed E-state index contributed by atoms with van der Waals surface area (Å²) in [5.74, 6) is -1.61. The number of fused-ring (bicyclic) bond motifs is 1. The van der Waals surface area contributed by atoms with E-state index in [-0.39, 0.29) is 18.1 Å². The molecule has 168 valence electrons. The van der Waals surface area contributed by atoms with E-state index in [0.717, 1.165) is 23.6 Å². The molecule has 4 aromatic rings. The molecule has 0 bridgehead atoms. The predicted octanol–water partition coefficient (Wildman–Crippen LogP) is 5.02. The molecule has 2 heterocycles. The lowest BCUT2D eigenvalue weighted by atomic mass is 10.1. The average molecular weight is 459 g/mol. The molecule has 0 spiro atoms. The fourth-order valence-electron chi connectivity index (χ4n) is 2.80. The molecule has 0 aliphatic rings. The van der Waals surface area contributed by atoms with Gasteiger partial charge in [-0.25, -0.2) is 0 Å². The molecule has 0 saturated heterocycles. The number of benzene rings is 2. The van der Waals surface area contributed by atoms with Crippen LogP contribution >= 0.6 is 0 Å². The monoisotopic (exact) mass is 459 g/mol. The summed E-state index contributed by atoms with van der Waals surface area (Å²) in [7, 11) is 0. The van der Waals surface area contributed by atoms with Crippen LogP contribution in [0.15, 0.2) is 46.9 Å². The molecule has 0 fully saturated rings. The lowest BCUT2D eigenvalue weighted by Crippen LogP contribution is -2.21. The van der Waals surface area contributed by atoms with Crippen LogP contribution in [0.3, 0.4) is 0 Å². The van der Waals surface area contributed by atoms with Crippen molar-refractivity contribution >= 4 is 16.7 Å². The number of H-pyrrole nitrogens is 1. The second-order valence-electron chi connectivity index (χ2n) is 6.33. The third-order valence-electron chi connectivity index (χ3n) is 4.04. The van der Waals surface area contributed by atoms with Crippen LogP contribution in [0.25, 0.3) is 22.6 Å². The molecule has 0 amide bonds. The fraction of sp³-hybridized carbons (Fsp3) is 0.167. The van der Waals surface area contributed by atoms with Gasteiger partial charge in [0.05, 0.1) is 0 Å². The first-order valence-electron chi connectivity index (χ1n) is 8.71. The van der Waals surface area contributed by atoms with Crippen LogP contribution in [0.2, 0.25) is 0 Å². The van der Waals surface area contributed by atoms with Crippen LogP contribution in [0.5, 0.6) is 11.5 Å². The Hall–Kier alpha value is -3.97. The Kier molecular flexibility index (Phi) is 5.28. The number of aromatic nitrogens is 4. The normalized spacial score (nSPS) is 12.2. The Bertz CT molecular complexity index is 1220. The SMILES string of the molecule is FC(F)(F)Oc1ccc(NCc2ccc3cc(-c4nn[nH]n4)oc3c2)cc1OC(F)(F)F. The maximum Gasteiger partial charge on any atom is 0.573 e. The standard InChI is InChI=1S/C18H11F6N5O3/c19-17(20,21)31-12-4-3-11(7-14(12)32-18(22,23)24)25-8-9-1-2-10-6-15(30-13(10)5-9)16-26-28-29-27-16/h1-7,25H,8H2,(H,26,27,28,29). The molecular formula is C18H11F6N5O3. The molecule has 0 aliphatic heterocycles. The van der Waals surface area contributed by atoms with Crippen molar-refractivity contribution in [1.29, 1.82) is 0 Å². The van der Waals surface area contributed by atoms with Crippen LogP contribution in [0, 0.1) is 0 Å². The van der Waals surface area contributed by atoms with Gasteiger partial charge in [-0.05, 0) is 35.0 Å². The number of alkyl halides is 6. The zero-order chi connectivity index (χ0) is 22.9. The summed E-state index contributed by atoms with van der Waals surface area (Å²) in [5.41, 5.74) is 1.25. The number of nitrogens with zero attached hydrogens (tertiary/aromatic N) is 3. The molecule has 0 aliphatic carbocycles. The Morgan fingerprint density at radius 3 is 2.34 bits per heavy atom. The highest BCUT2D eigenvalue weighted by Gasteiger charge is 2.36. The van der Waals surface area contributed by atoms with E-state index in [1.54, 1.807) is 24.3 Å². The van der Waals surface area contributed by atoms with Crippen molar-refractivity contribution in [3.63, 3.8) is 0 Å². The zero-order valence-corrected chi connectivity index (χ0v) is 15.6.